The summed E-state index contributed by atoms with van der Waals surface area (Å²) in [4.78, 5) is 37.7. The fourth-order valence-corrected chi connectivity index (χ4v) is 3.12. The molecule has 1 heterocycles. The Balaban J connectivity index is 1.83. The molecule has 140 valence electrons. The van der Waals surface area contributed by atoms with Crippen molar-refractivity contribution in [3.05, 3.63) is 64.5 Å². The maximum Gasteiger partial charge on any atom is 0.335 e. The third kappa shape index (κ3) is 3.81. The number of hydrogen-bond donors (Lipinski definition) is 2. The number of halogens is 1. The molecule has 0 aromatic heterocycles. The van der Waals surface area contributed by atoms with E-state index in [1.54, 1.807) is 30.0 Å². The number of amides is 2. The SMILES string of the molecule is Cc1c(NC(=O)c2ccc(C(=O)O)cc2F)cccc1C(=O)N1CCCC1. The Kier molecular flexibility index (Phi) is 5.21. The minimum absolute atomic E-state index is 0.0851. The van der Waals surface area contributed by atoms with Gasteiger partial charge in [0.25, 0.3) is 11.8 Å². The Morgan fingerprint density at radius 1 is 1.07 bits per heavy atom. The Morgan fingerprint density at radius 3 is 2.41 bits per heavy atom. The first-order chi connectivity index (χ1) is 12.9. The van der Waals surface area contributed by atoms with Gasteiger partial charge in [0, 0.05) is 24.3 Å². The van der Waals surface area contributed by atoms with E-state index in [9.17, 15) is 18.8 Å². The number of likely N-dealkylation sites (tertiary alicyclic amines) is 1. The quantitative estimate of drug-likeness (QED) is 0.864. The van der Waals surface area contributed by atoms with Gasteiger partial charge in [-0.1, -0.05) is 6.07 Å². The molecule has 7 heteroatoms. The molecule has 0 radical (unpaired) electrons. The van der Waals surface area contributed by atoms with Crippen molar-refractivity contribution in [3.8, 4) is 0 Å². The highest BCUT2D eigenvalue weighted by Crippen LogP contribution is 2.23. The highest BCUT2D eigenvalue weighted by Gasteiger charge is 2.22. The predicted molar refractivity (Wildman–Crippen MR) is 97.6 cm³/mol. The zero-order chi connectivity index (χ0) is 19.6. The summed E-state index contributed by atoms with van der Waals surface area (Å²) in [5, 5.41) is 11.5. The lowest BCUT2D eigenvalue weighted by Crippen LogP contribution is -2.28. The normalized spacial score (nSPS) is 13.5. The second-order valence-electron chi connectivity index (χ2n) is 6.43. The summed E-state index contributed by atoms with van der Waals surface area (Å²) < 4.78 is 14.1. The molecule has 2 aromatic carbocycles. The van der Waals surface area contributed by atoms with Crippen LogP contribution in [0.5, 0.6) is 0 Å². The molecule has 1 saturated heterocycles. The molecule has 1 aliphatic rings. The molecule has 0 spiro atoms. The van der Waals surface area contributed by atoms with Crippen molar-refractivity contribution in [2.45, 2.75) is 19.8 Å². The summed E-state index contributed by atoms with van der Waals surface area (Å²) in [6.45, 7) is 3.16. The van der Waals surface area contributed by atoms with Crippen LogP contribution in [0.4, 0.5) is 10.1 Å². The number of nitrogens with one attached hydrogen (secondary N) is 1. The Bertz CT molecular complexity index is 920. The standard InChI is InChI=1S/C20H19FN2O4/c1-12-14(19(25)23-9-2-3-10-23)5-4-6-17(12)22-18(24)15-8-7-13(20(26)27)11-16(15)21/h4-8,11H,2-3,9-10H2,1H3,(H,22,24)(H,26,27). The van der Waals surface area contributed by atoms with Crippen LogP contribution in [0, 0.1) is 12.7 Å². The fourth-order valence-electron chi connectivity index (χ4n) is 3.12. The molecule has 3 rings (SSSR count). The van der Waals surface area contributed by atoms with E-state index >= 15 is 0 Å². The lowest BCUT2D eigenvalue weighted by Gasteiger charge is -2.18. The number of carbonyl (C=O) groups excluding carboxylic acids is 2. The van der Waals surface area contributed by atoms with Crippen LogP contribution in [-0.4, -0.2) is 40.9 Å². The summed E-state index contributed by atoms with van der Waals surface area (Å²) in [6, 6.07) is 8.10. The summed E-state index contributed by atoms with van der Waals surface area (Å²) >= 11 is 0. The van der Waals surface area contributed by atoms with Crippen molar-refractivity contribution in [3.63, 3.8) is 0 Å². The third-order valence-corrected chi connectivity index (χ3v) is 4.67. The van der Waals surface area contributed by atoms with Gasteiger partial charge in [-0.25, -0.2) is 9.18 Å². The fraction of sp³-hybridized carbons (Fsp3) is 0.250. The molecule has 1 fully saturated rings. The highest BCUT2D eigenvalue weighted by atomic mass is 19.1. The maximum absolute atomic E-state index is 14.1. The van der Waals surface area contributed by atoms with E-state index in [-0.39, 0.29) is 17.0 Å². The van der Waals surface area contributed by atoms with Crippen molar-refractivity contribution in [1.29, 1.82) is 0 Å². The van der Waals surface area contributed by atoms with Crippen LogP contribution in [-0.2, 0) is 0 Å². The Labute approximate surface area is 155 Å². The monoisotopic (exact) mass is 370 g/mol. The summed E-state index contributed by atoms with van der Waals surface area (Å²) in [7, 11) is 0. The van der Waals surface area contributed by atoms with E-state index in [0.717, 1.165) is 38.1 Å². The molecule has 2 amide bonds. The van der Waals surface area contributed by atoms with Crippen LogP contribution in [0.1, 0.15) is 49.5 Å². The lowest BCUT2D eigenvalue weighted by atomic mass is 10.0. The van der Waals surface area contributed by atoms with E-state index in [0.29, 0.717) is 16.8 Å². The first kappa shape index (κ1) is 18.6. The van der Waals surface area contributed by atoms with Crippen molar-refractivity contribution < 1.29 is 23.9 Å². The molecule has 0 atom stereocenters. The summed E-state index contributed by atoms with van der Waals surface area (Å²) in [5.41, 5.74) is 1.00. The van der Waals surface area contributed by atoms with Crippen molar-refractivity contribution in [2.24, 2.45) is 0 Å². The second kappa shape index (κ2) is 7.57. The number of aromatic carboxylic acids is 1. The number of rotatable bonds is 4. The smallest absolute Gasteiger partial charge is 0.335 e. The van der Waals surface area contributed by atoms with Crippen LogP contribution < -0.4 is 5.32 Å². The third-order valence-electron chi connectivity index (χ3n) is 4.67. The van der Waals surface area contributed by atoms with Gasteiger partial charge in [-0.15, -0.1) is 0 Å². The molecule has 0 saturated carbocycles. The number of carboxylic acid groups (broad SMARTS) is 1. The van der Waals surface area contributed by atoms with Crippen molar-refractivity contribution in [1.82, 2.24) is 4.90 Å². The van der Waals surface area contributed by atoms with Gasteiger partial charge in [-0.3, -0.25) is 9.59 Å². The molecule has 2 aromatic rings. The van der Waals surface area contributed by atoms with Gasteiger partial charge in [-0.05, 0) is 55.7 Å². The van der Waals surface area contributed by atoms with Crippen LogP contribution >= 0.6 is 0 Å². The largest absolute Gasteiger partial charge is 0.478 e. The molecule has 2 N–H and O–H groups in total. The minimum Gasteiger partial charge on any atom is -0.478 e. The summed E-state index contributed by atoms with van der Waals surface area (Å²) in [6.07, 6.45) is 1.96. The molecule has 0 bridgehead atoms. The van der Waals surface area contributed by atoms with Gasteiger partial charge >= 0.3 is 5.97 Å². The van der Waals surface area contributed by atoms with Crippen molar-refractivity contribution in [2.75, 3.05) is 18.4 Å². The summed E-state index contributed by atoms with van der Waals surface area (Å²) in [5.74, 6) is -2.99. The van der Waals surface area contributed by atoms with E-state index in [2.05, 4.69) is 5.32 Å². The molecule has 0 unspecified atom stereocenters. The van der Waals surface area contributed by atoms with Crippen molar-refractivity contribution >= 4 is 23.5 Å². The predicted octanol–water partition coefficient (Wildman–Crippen LogP) is 3.32. The topological polar surface area (TPSA) is 86.7 Å². The zero-order valence-electron chi connectivity index (χ0n) is 14.8. The van der Waals surface area contributed by atoms with Crippen LogP contribution in [0.15, 0.2) is 36.4 Å². The average Bonchev–Trinajstić information content (AvgIpc) is 3.17. The van der Waals surface area contributed by atoms with E-state index in [1.807, 2.05) is 0 Å². The first-order valence-corrected chi connectivity index (χ1v) is 8.61. The molecule has 1 aliphatic heterocycles. The second-order valence-corrected chi connectivity index (χ2v) is 6.43. The number of anilines is 1. The van der Waals surface area contributed by atoms with Gasteiger partial charge < -0.3 is 15.3 Å². The van der Waals surface area contributed by atoms with E-state index in [1.165, 1.54) is 6.07 Å². The Morgan fingerprint density at radius 2 is 1.78 bits per heavy atom. The van der Waals surface area contributed by atoms with E-state index < -0.39 is 17.7 Å². The molecular weight excluding hydrogens is 351 g/mol. The maximum atomic E-state index is 14.1. The number of carbonyl (C=O) groups is 3. The first-order valence-electron chi connectivity index (χ1n) is 8.61. The van der Waals surface area contributed by atoms with Gasteiger partial charge in [-0.2, -0.15) is 0 Å². The molecule has 27 heavy (non-hydrogen) atoms. The van der Waals surface area contributed by atoms with Gasteiger partial charge in [0.15, 0.2) is 0 Å². The van der Waals surface area contributed by atoms with Crippen LogP contribution in [0.25, 0.3) is 0 Å². The number of carboxylic acids is 1. The lowest BCUT2D eigenvalue weighted by molar-refractivity contribution is 0.0695. The van der Waals surface area contributed by atoms with Gasteiger partial charge in [0.2, 0.25) is 0 Å². The highest BCUT2D eigenvalue weighted by molar-refractivity contribution is 6.06. The number of benzene rings is 2. The van der Waals surface area contributed by atoms with Gasteiger partial charge in [0.05, 0.1) is 11.1 Å². The van der Waals surface area contributed by atoms with E-state index in [4.69, 9.17) is 5.11 Å². The average molecular weight is 370 g/mol. The minimum atomic E-state index is -1.27. The molecule has 6 nitrogen and oxygen atoms in total. The number of nitrogens with zero attached hydrogens (tertiary/aromatic N) is 1. The molecule has 0 aliphatic carbocycles. The van der Waals surface area contributed by atoms with Crippen LogP contribution in [0.2, 0.25) is 0 Å². The van der Waals surface area contributed by atoms with Crippen LogP contribution in [0.3, 0.4) is 0 Å². The number of hydrogen-bond acceptors (Lipinski definition) is 3. The molecular formula is C20H19FN2O4. The van der Waals surface area contributed by atoms with Gasteiger partial charge in [0.1, 0.15) is 5.82 Å². The zero-order valence-corrected chi connectivity index (χ0v) is 14.8. The Hall–Kier alpha value is -3.22.